The van der Waals surface area contributed by atoms with Crippen LogP contribution in [0.4, 0.5) is 0 Å². The average molecular weight is 335 g/mol. The molecule has 0 saturated heterocycles. The quantitative estimate of drug-likeness (QED) is 0.543. The first-order chi connectivity index (χ1) is 9.56. The maximum Gasteiger partial charge on any atom is 0.440 e. The van der Waals surface area contributed by atoms with E-state index < -0.39 is 6.80 Å². The summed E-state index contributed by atoms with van der Waals surface area (Å²) in [4.78, 5) is 0. The highest BCUT2D eigenvalue weighted by molar-refractivity contribution is 8.55. The van der Waals surface area contributed by atoms with Crippen LogP contribution in [0.5, 0.6) is 5.75 Å². The van der Waals surface area contributed by atoms with Gasteiger partial charge in [0.05, 0.1) is 11.6 Å². The lowest BCUT2D eigenvalue weighted by Crippen LogP contribution is -1.98. The van der Waals surface area contributed by atoms with Crippen LogP contribution >= 0.6 is 29.8 Å². The molecule has 0 N–H and O–H groups in total. The Morgan fingerprint density at radius 3 is 2.75 bits per heavy atom. The van der Waals surface area contributed by atoms with Crippen LogP contribution in [0, 0.1) is 0 Å². The Labute approximate surface area is 130 Å². The van der Waals surface area contributed by atoms with Crippen molar-refractivity contribution in [1.82, 2.24) is 0 Å². The molecule has 0 aliphatic carbocycles. The molecule has 1 aromatic rings. The van der Waals surface area contributed by atoms with E-state index in [1.165, 1.54) is 11.4 Å². The summed E-state index contributed by atoms with van der Waals surface area (Å²) in [6.07, 6.45) is 4.64. The van der Waals surface area contributed by atoms with Gasteiger partial charge in [0.2, 0.25) is 0 Å². The average Bonchev–Trinajstić information content (AvgIpc) is 2.41. The van der Waals surface area contributed by atoms with Gasteiger partial charge in [-0.05, 0) is 37.7 Å². The highest BCUT2D eigenvalue weighted by Crippen LogP contribution is 2.61. The Morgan fingerprint density at radius 2 is 2.15 bits per heavy atom. The Kier molecular flexibility index (Phi) is 7.75. The van der Waals surface area contributed by atoms with Crippen LogP contribution in [0.1, 0.15) is 32.8 Å². The fourth-order valence-electron chi connectivity index (χ4n) is 1.50. The SMILES string of the molecule is CC=Cc1cccc(Cl)c1OP(=O)(OCC)SCCC. The zero-order valence-electron chi connectivity index (χ0n) is 12.0. The van der Waals surface area contributed by atoms with Gasteiger partial charge in [-0.2, -0.15) is 0 Å². The predicted octanol–water partition coefficient (Wildman–Crippen LogP) is 6.04. The molecule has 20 heavy (non-hydrogen) atoms. The summed E-state index contributed by atoms with van der Waals surface area (Å²) in [6.45, 7) is 2.81. The molecule has 0 bridgehead atoms. The molecule has 112 valence electrons. The molecule has 0 aromatic heterocycles. The minimum atomic E-state index is -3.24. The third-order valence-electron chi connectivity index (χ3n) is 2.29. The Morgan fingerprint density at radius 1 is 1.40 bits per heavy atom. The summed E-state index contributed by atoms with van der Waals surface area (Å²) in [7, 11) is 0. The number of rotatable bonds is 8. The van der Waals surface area contributed by atoms with Crippen molar-refractivity contribution in [1.29, 1.82) is 0 Å². The van der Waals surface area contributed by atoms with Gasteiger partial charge in [0.25, 0.3) is 0 Å². The molecular formula is C14H20ClO3PS. The number of benzene rings is 1. The summed E-state index contributed by atoms with van der Waals surface area (Å²) in [6, 6.07) is 5.40. The standard InChI is InChI=1S/C14H20ClO3PS/c1-4-8-12-9-7-10-13(15)14(12)18-19(16,17-6-3)20-11-5-2/h4,7-10H,5-6,11H2,1-3H3. The lowest BCUT2D eigenvalue weighted by atomic mass is 10.2. The Hall–Kier alpha value is -0.410. The van der Waals surface area contributed by atoms with Gasteiger partial charge in [-0.15, -0.1) is 0 Å². The van der Waals surface area contributed by atoms with E-state index in [-0.39, 0.29) is 0 Å². The highest BCUT2D eigenvalue weighted by atomic mass is 35.5. The molecule has 0 aliphatic heterocycles. The zero-order valence-corrected chi connectivity index (χ0v) is 14.4. The molecule has 1 unspecified atom stereocenters. The van der Waals surface area contributed by atoms with Gasteiger partial charge < -0.3 is 4.52 Å². The van der Waals surface area contributed by atoms with E-state index in [1.54, 1.807) is 13.0 Å². The number of hydrogen-bond acceptors (Lipinski definition) is 4. The molecule has 0 saturated carbocycles. The first-order valence-corrected chi connectivity index (χ1v) is 10.1. The summed E-state index contributed by atoms with van der Waals surface area (Å²) in [5, 5.41) is 0.428. The Balaban J connectivity index is 3.07. The summed E-state index contributed by atoms with van der Waals surface area (Å²) >= 11 is 7.37. The van der Waals surface area contributed by atoms with E-state index in [1.807, 2.05) is 38.1 Å². The van der Waals surface area contributed by atoms with Crippen molar-refractivity contribution < 1.29 is 13.6 Å². The van der Waals surface area contributed by atoms with Crippen molar-refractivity contribution in [3.05, 3.63) is 34.9 Å². The lowest BCUT2D eigenvalue weighted by Gasteiger charge is -2.19. The van der Waals surface area contributed by atoms with E-state index in [2.05, 4.69) is 0 Å². The summed E-state index contributed by atoms with van der Waals surface area (Å²) in [5.74, 6) is 1.12. The topological polar surface area (TPSA) is 35.5 Å². The number of allylic oxidation sites excluding steroid dienone is 1. The molecule has 3 nitrogen and oxygen atoms in total. The molecule has 0 fully saturated rings. The van der Waals surface area contributed by atoms with Gasteiger partial charge in [0.15, 0.2) is 5.75 Å². The van der Waals surface area contributed by atoms with Gasteiger partial charge in [-0.1, -0.05) is 42.8 Å². The molecule has 0 aliphatic rings. The van der Waals surface area contributed by atoms with Crippen molar-refractivity contribution in [3.8, 4) is 5.75 Å². The van der Waals surface area contributed by atoms with Crippen LogP contribution in [0.3, 0.4) is 0 Å². The van der Waals surface area contributed by atoms with Crippen molar-refractivity contribution in [2.75, 3.05) is 12.4 Å². The highest BCUT2D eigenvalue weighted by Gasteiger charge is 2.28. The molecule has 0 spiro atoms. The third-order valence-corrected chi connectivity index (χ3v) is 6.51. The summed E-state index contributed by atoms with van der Waals surface area (Å²) < 4.78 is 23.7. The van der Waals surface area contributed by atoms with Gasteiger partial charge in [-0.3, -0.25) is 4.52 Å². The molecule has 1 aromatic carbocycles. The molecule has 1 atom stereocenters. The minimum absolute atomic E-state index is 0.331. The first-order valence-electron chi connectivity index (χ1n) is 6.56. The van der Waals surface area contributed by atoms with Crippen molar-refractivity contribution in [2.24, 2.45) is 0 Å². The first kappa shape index (κ1) is 17.6. The van der Waals surface area contributed by atoms with Crippen LogP contribution in [0.15, 0.2) is 24.3 Å². The van der Waals surface area contributed by atoms with Crippen molar-refractivity contribution in [2.45, 2.75) is 27.2 Å². The van der Waals surface area contributed by atoms with Crippen LogP contribution < -0.4 is 4.52 Å². The fourth-order valence-corrected chi connectivity index (χ4v) is 5.24. The molecule has 1 rings (SSSR count). The van der Waals surface area contributed by atoms with E-state index in [4.69, 9.17) is 20.6 Å². The van der Waals surface area contributed by atoms with E-state index >= 15 is 0 Å². The Bertz CT molecular complexity index is 505. The largest absolute Gasteiger partial charge is 0.440 e. The van der Waals surface area contributed by atoms with Gasteiger partial charge in [0.1, 0.15) is 0 Å². The lowest BCUT2D eigenvalue weighted by molar-refractivity contribution is 0.296. The monoisotopic (exact) mass is 334 g/mol. The van der Waals surface area contributed by atoms with Crippen LogP contribution in [0.25, 0.3) is 6.08 Å². The third kappa shape index (κ3) is 5.17. The second kappa shape index (κ2) is 8.78. The molecule has 6 heteroatoms. The molecule has 0 amide bonds. The smallest absolute Gasteiger partial charge is 0.415 e. The number of halogens is 1. The van der Waals surface area contributed by atoms with Gasteiger partial charge in [0, 0.05) is 11.3 Å². The molecular weight excluding hydrogens is 315 g/mol. The van der Waals surface area contributed by atoms with Gasteiger partial charge >= 0.3 is 6.80 Å². The molecule has 0 radical (unpaired) electrons. The predicted molar refractivity (Wildman–Crippen MR) is 88.8 cm³/mol. The van der Waals surface area contributed by atoms with Crippen molar-refractivity contribution in [3.63, 3.8) is 0 Å². The maximum absolute atomic E-state index is 12.7. The molecule has 0 heterocycles. The van der Waals surface area contributed by atoms with Crippen LogP contribution in [0.2, 0.25) is 5.02 Å². The van der Waals surface area contributed by atoms with Crippen molar-refractivity contribution >= 4 is 35.9 Å². The van der Waals surface area contributed by atoms with Gasteiger partial charge in [-0.25, -0.2) is 4.57 Å². The second-order valence-corrected chi connectivity index (χ2v) is 8.47. The van der Waals surface area contributed by atoms with Crippen LogP contribution in [-0.2, 0) is 9.09 Å². The fraction of sp³-hybridized carbons (Fsp3) is 0.429. The van der Waals surface area contributed by atoms with E-state index in [9.17, 15) is 4.57 Å². The number of para-hydroxylation sites is 1. The minimum Gasteiger partial charge on any atom is -0.415 e. The van der Waals surface area contributed by atoms with E-state index in [0.717, 1.165) is 12.0 Å². The maximum atomic E-state index is 12.7. The number of hydrogen-bond donors (Lipinski definition) is 0. The zero-order chi connectivity index (χ0) is 15.0. The van der Waals surface area contributed by atoms with E-state index in [0.29, 0.717) is 23.1 Å². The second-order valence-electron chi connectivity index (χ2n) is 3.95. The summed E-state index contributed by atoms with van der Waals surface area (Å²) in [5.41, 5.74) is 0.789. The van der Waals surface area contributed by atoms with Crippen LogP contribution in [-0.4, -0.2) is 12.4 Å². The normalized spacial score (nSPS) is 14.4.